The molecule has 15 heavy (non-hydrogen) atoms. The smallest absolute Gasteiger partial charge is 0.411 e. The van der Waals surface area contributed by atoms with Crippen molar-refractivity contribution < 1.29 is 9.53 Å². The minimum Gasteiger partial charge on any atom is -0.446 e. The van der Waals surface area contributed by atoms with Gasteiger partial charge in [-0.2, -0.15) is 0 Å². The fourth-order valence-corrected chi connectivity index (χ4v) is 1.58. The van der Waals surface area contributed by atoms with Crippen molar-refractivity contribution in [3.63, 3.8) is 0 Å². The monoisotopic (exact) mass is 269 g/mol. The number of benzene rings is 1. The lowest BCUT2D eigenvalue weighted by Crippen LogP contribution is -2.27. The number of nitrogens with one attached hydrogen (secondary N) is 1. The maximum absolute atomic E-state index is 11.4. The minimum atomic E-state index is -0.359. The predicted molar refractivity (Wildman–Crippen MR) is 61.9 cm³/mol. The van der Waals surface area contributed by atoms with Gasteiger partial charge >= 0.3 is 6.09 Å². The van der Waals surface area contributed by atoms with Crippen LogP contribution in [-0.4, -0.2) is 12.2 Å². The van der Waals surface area contributed by atoms with Gasteiger partial charge in [0.1, 0.15) is 6.10 Å². The Bertz CT molecular complexity index is 346. The van der Waals surface area contributed by atoms with Gasteiger partial charge in [-0.1, -0.05) is 15.9 Å². The van der Waals surface area contributed by atoms with Crippen LogP contribution < -0.4 is 5.32 Å². The van der Waals surface area contributed by atoms with Gasteiger partial charge < -0.3 is 4.74 Å². The number of halogens is 1. The van der Waals surface area contributed by atoms with E-state index >= 15 is 0 Å². The fourth-order valence-electron chi connectivity index (χ4n) is 1.32. The van der Waals surface area contributed by atoms with Gasteiger partial charge in [-0.05, 0) is 43.5 Å². The summed E-state index contributed by atoms with van der Waals surface area (Å²) in [6, 6.07) is 7.40. The molecular formula is C11H12BrNO2. The number of carbonyl (C=O) groups is 1. The highest BCUT2D eigenvalue weighted by Gasteiger charge is 2.21. The molecule has 1 aliphatic rings. The number of hydrogen-bond acceptors (Lipinski definition) is 2. The molecule has 0 unspecified atom stereocenters. The number of anilines is 1. The maximum atomic E-state index is 11.4. The highest BCUT2D eigenvalue weighted by Crippen LogP contribution is 2.22. The molecular weight excluding hydrogens is 258 g/mol. The Kier molecular flexibility index (Phi) is 3.26. The quantitative estimate of drug-likeness (QED) is 0.892. The summed E-state index contributed by atoms with van der Waals surface area (Å²) < 4.78 is 6.15. The van der Waals surface area contributed by atoms with Gasteiger partial charge in [0.15, 0.2) is 0 Å². The van der Waals surface area contributed by atoms with Crippen LogP contribution in [0.5, 0.6) is 0 Å². The highest BCUT2D eigenvalue weighted by atomic mass is 79.9. The third-order valence-corrected chi connectivity index (χ3v) is 2.95. The van der Waals surface area contributed by atoms with Crippen LogP contribution in [0.4, 0.5) is 10.5 Å². The van der Waals surface area contributed by atoms with Crippen molar-refractivity contribution >= 4 is 27.7 Å². The standard InChI is InChI=1S/C11H12BrNO2/c12-8-4-6-9(7-5-8)13-11(14)15-10-2-1-3-10/h4-7,10H,1-3H2,(H,13,14). The summed E-state index contributed by atoms with van der Waals surface area (Å²) in [7, 11) is 0. The largest absolute Gasteiger partial charge is 0.446 e. The van der Waals surface area contributed by atoms with Crippen molar-refractivity contribution in [3.8, 4) is 0 Å². The third kappa shape index (κ3) is 2.96. The second-order valence-corrected chi connectivity index (χ2v) is 4.51. The number of rotatable bonds is 2. The van der Waals surface area contributed by atoms with Crippen LogP contribution in [0.15, 0.2) is 28.7 Å². The highest BCUT2D eigenvalue weighted by molar-refractivity contribution is 9.10. The van der Waals surface area contributed by atoms with Crippen LogP contribution in [0.25, 0.3) is 0 Å². The zero-order valence-electron chi connectivity index (χ0n) is 8.20. The second-order valence-electron chi connectivity index (χ2n) is 3.59. The lowest BCUT2D eigenvalue weighted by atomic mass is 9.96. The number of carbonyl (C=O) groups excluding carboxylic acids is 1. The van der Waals surface area contributed by atoms with Gasteiger partial charge in [-0.3, -0.25) is 5.32 Å². The molecule has 3 nitrogen and oxygen atoms in total. The van der Waals surface area contributed by atoms with Crippen molar-refractivity contribution in [1.82, 2.24) is 0 Å². The van der Waals surface area contributed by atoms with Crippen LogP contribution in [-0.2, 0) is 4.74 Å². The van der Waals surface area contributed by atoms with E-state index in [1.807, 2.05) is 24.3 Å². The molecule has 1 amide bonds. The van der Waals surface area contributed by atoms with Crippen molar-refractivity contribution in [2.45, 2.75) is 25.4 Å². The van der Waals surface area contributed by atoms with E-state index in [1.54, 1.807) is 0 Å². The Hall–Kier alpha value is -1.03. The molecule has 0 aliphatic heterocycles. The van der Waals surface area contributed by atoms with Gasteiger partial charge in [0.2, 0.25) is 0 Å². The lowest BCUT2D eigenvalue weighted by Gasteiger charge is -2.25. The molecule has 0 radical (unpaired) electrons. The number of amides is 1. The average molecular weight is 270 g/mol. The van der Waals surface area contributed by atoms with Crippen LogP contribution >= 0.6 is 15.9 Å². The van der Waals surface area contributed by atoms with E-state index in [0.29, 0.717) is 0 Å². The summed E-state index contributed by atoms with van der Waals surface area (Å²) >= 11 is 3.33. The molecule has 4 heteroatoms. The minimum absolute atomic E-state index is 0.125. The zero-order valence-corrected chi connectivity index (χ0v) is 9.79. The van der Waals surface area contributed by atoms with E-state index in [4.69, 9.17) is 4.74 Å². The molecule has 1 aliphatic carbocycles. The van der Waals surface area contributed by atoms with E-state index in [0.717, 1.165) is 29.4 Å². The van der Waals surface area contributed by atoms with E-state index < -0.39 is 0 Å². The summed E-state index contributed by atoms with van der Waals surface area (Å²) in [5.41, 5.74) is 0.752. The lowest BCUT2D eigenvalue weighted by molar-refractivity contribution is 0.0624. The first-order chi connectivity index (χ1) is 7.24. The summed E-state index contributed by atoms with van der Waals surface area (Å²) in [6.45, 7) is 0. The van der Waals surface area contributed by atoms with Crippen molar-refractivity contribution in [2.75, 3.05) is 5.32 Å². The third-order valence-electron chi connectivity index (χ3n) is 2.42. The van der Waals surface area contributed by atoms with Crippen molar-refractivity contribution in [1.29, 1.82) is 0 Å². The first kappa shape index (κ1) is 10.5. The summed E-state index contributed by atoms with van der Waals surface area (Å²) in [5, 5.41) is 2.69. The molecule has 1 N–H and O–H groups in total. The Morgan fingerprint density at radius 3 is 2.53 bits per heavy atom. The molecule has 1 saturated carbocycles. The van der Waals surface area contributed by atoms with Crippen molar-refractivity contribution in [2.24, 2.45) is 0 Å². The number of ether oxygens (including phenoxy) is 1. The Morgan fingerprint density at radius 1 is 1.33 bits per heavy atom. The van der Waals surface area contributed by atoms with Crippen molar-refractivity contribution in [3.05, 3.63) is 28.7 Å². The molecule has 1 aromatic carbocycles. The first-order valence-corrected chi connectivity index (χ1v) is 5.76. The maximum Gasteiger partial charge on any atom is 0.411 e. The van der Waals surface area contributed by atoms with E-state index in [9.17, 15) is 4.79 Å². The SMILES string of the molecule is O=C(Nc1ccc(Br)cc1)OC1CCC1. The van der Waals surface area contributed by atoms with Crippen LogP contribution in [0.3, 0.4) is 0 Å². The normalized spacial score (nSPS) is 15.5. The average Bonchev–Trinajstić information content (AvgIpc) is 2.16. The topological polar surface area (TPSA) is 38.3 Å². The molecule has 2 rings (SSSR count). The number of hydrogen-bond donors (Lipinski definition) is 1. The van der Waals surface area contributed by atoms with Gasteiger partial charge in [0.25, 0.3) is 0 Å². The molecule has 1 aromatic rings. The molecule has 1 fully saturated rings. The fraction of sp³-hybridized carbons (Fsp3) is 0.364. The van der Waals surface area contributed by atoms with E-state index in [2.05, 4.69) is 21.2 Å². The van der Waals surface area contributed by atoms with E-state index in [-0.39, 0.29) is 12.2 Å². The Labute approximate surface area is 96.9 Å². The van der Waals surface area contributed by atoms with E-state index in [1.165, 1.54) is 0 Å². The molecule has 0 aromatic heterocycles. The Balaban J connectivity index is 1.84. The van der Waals surface area contributed by atoms with Gasteiger partial charge in [-0.25, -0.2) is 4.79 Å². The molecule has 0 heterocycles. The van der Waals surface area contributed by atoms with Gasteiger partial charge in [-0.15, -0.1) is 0 Å². The van der Waals surface area contributed by atoms with Crippen LogP contribution in [0.2, 0.25) is 0 Å². The summed E-state index contributed by atoms with van der Waals surface area (Å²) in [4.78, 5) is 11.4. The first-order valence-electron chi connectivity index (χ1n) is 4.97. The molecule has 0 saturated heterocycles. The molecule has 0 spiro atoms. The molecule has 0 bridgehead atoms. The van der Waals surface area contributed by atoms with Gasteiger partial charge in [0, 0.05) is 10.2 Å². The summed E-state index contributed by atoms with van der Waals surface area (Å²) in [5.74, 6) is 0. The van der Waals surface area contributed by atoms with Crippen LogP contribution in [0.1, 0.15) is 19.3 Å². The summed E-state index contributed by atoms with van der Waals surface area (Å²) in [6.07, 6.45) is 2.92. The second kappa shape index (κ2) is 4.66. The Morgan fingerprint density at radius 2 is 2.00 bits per heavy atom. The zero-order chi connectivity index (χ0) is 10.7. The molecule has 0 atom stereocenters. The van der Waals surface area contributed by atoms with Crippen LogP contribution in [0, 0.1) is 0 Å². The molecule has 80 valence electrons. The van der Waals surface area contributed by atoms with Gasteiger partial charge in [0.05, 0.1) is 0 Å². The predicted octanol–water partition coefficient (Wildman–Crippen LogP) is 3.55.